The van der Waals surface area contributed by atoms with Crippen LogP contribution in [0.3, 0.4) is 0 Å². The van der Waals surface area contributed by atoms with Crippen LogP contribution in [0.1, 0.15) is 51.1 Å². The molecular formula is C17H19ClN4O4S2. The smallest absolute Gasteiger partial charge is 0.276 e. The Morgan fingerprint density at radius 1 is 1.25 bits per heavy atom. The fourth-order valence-corrected chi connectivity index (χ4v) is 5.13. The van der Waals surface area contributed by atoms with Gasteiger partial charge in [-0.25, -0.2) is 18.4 Å². The molecule has 150 valence electrons. The predicted octanol–water partition coefficient (Wildman–Crippen LogP) is 2.48. The molecule has 0 saturated carbocycles. The van der Waals surface area contributed by atoms with Gasteiger partial charge in [0.1, 0.15) is 5.00 Å². The second-order valence-corrected chi connectivity index (χ2v) is 9.89. The Morgan fingerprint density at radius 2 is 1.96 bits per heavy atom. The van der Waals surface area contributed by atoms with E-state index in [1.54, 1.807) is 0 Å². The van der Waals surface area contributed by atoms with Gasteiger partial charge in [-0.15, -0.1) is 11.3 Å². The molecule has 11 heteroatoms. The first kappa shape index (κ1) is 20.7. The van der Waals surface area contributed by atoms with E-state index in [1.165, 1.54) is 25.3 Å². The van der Waals surface area contributed by atoms with Crippen LogP contribution in [0.4, 0.5) is 5.00 Å². The van der Waals surface area contributed by atoms with Crippen LogP contribution < -0.4 is 10.6 Å². The third kappa shape index (κ3) is 3.89. The van der Waals surface area contributed by atoms with Gasteiger partial charge < -0.3 is 10.6 Å². The minimum Gasteiger partial charge on any atom is -0.355 e. The van der Waals surface area contributed by atoms with Crippen molar-refractivity contribution in [1.82, 2.24) is 15.3 Å². The van der Waals surface area contributed by atoms with E-state index >= 15 is 0 Å². The Hall–Kier alpha value is -2.04. The Morgan fingerprint density at radius 3 is 2.64 bits per heavy atom. The first-order valence-corrected chi connectivity index (χ1v) is 11.6. The van der Waals surface area contributed by atoms with Crippen LogP contribution in [0.2, 0.25) is 5.02 Å². The van der Waals surface area contributed by atoms with E-state index in [0.29, 0.717) is 10.6 Å². The molecule has 0 spiro atoms. The summed E-state index contributed by atoms with van der Waals surface area (Å²) in [5.74, 6) is -1.17. The molecule has 2 amide bonds. The maximum atomic E-state index is 12.8. The molecule has 2 heterocycles. The van der Waals surface area contributed by atoms with Crippen molar-refractivity contribution in [2.75, 3.05) is 18.1 Å². The molecule has 0 saturated heterocycles. The van der Waals surface area contributed by atoms with Crippen molar-refractivity contribution in [3.63, 3.8) is 0 Å². The van der Waals surface area contributed by atoms with Crippen molar-refractivity contribution in [1.29, 1.82) is 0 Å². The second kappa shape index (κ2) is 8.14. The largest absolute Gasteiger partial charge is 0.355 e. The number of anilines is 1. The topological polar surface area (TPSA) is 118 Å². The lowest BCUT2D eigenvalue weighted by Crippen LogP contribution is -2.23. The SMILES string of the molecule is CCS(=O)(=O)c1ncc(Cl)c(C(=O)Nc2sc3c(c2C(=O)NC)CCCC3)n1. The number of hydrogen-bond donors (Lipinski definition) is 2. The molecule has 0 aliphatic heterocycles. The van der Waals surface area contributed by atoms with Crippen LogP contribution >= 0.6 is 22.9 Å². The minimum atomic E-state index is -3.69. The molecular weight excluding hydrogens is 424 g/mol. The molecule has 0 fully saturated rings. The zero-order chi connectivity index (χ0) is 20.5. The van der Waals surface area contributed by atoms with Crippen LogP contribution in [0.25, 0.3) is 0 Å². The highest BCUT2D eigenvalue weighted by Gasteiger charge is 2.27. The summed E-state index contributed by atoms with van der Waals surface area (Å²) >= 11 is 7.38. The molecule has 28 heavy (non-hydrogen) atoms. The third-order valence-electron chi connectivity index (χ3n) is 4.45. The van der Waals surface area contributed by atoms with Crippen LogP contribution in [0.15, 0.2) is 11.4 Å². The predicted molar refractivity (Wildman–Crippen MR) is 107 cm³/mol. The summed E-state index contributed by atoms with van der Waals surface area (Å²) in [5, 5.41) is 5.17. The van der Waals surface area contributed by atoms with Crippen LogP contribution in [-0.4, -0.2) is 43.0 Å². The van der Waals surface area contributed by atoms with E-state index in [2.05, 4.69) is 20.6 Å². The molecule has 0 unspecified atom stereocenters. The molecule has 1 aliphatic carbocycles. The number of halogens is 1. The van der Waals surface area contributed by atoms with Gasteiger partial charge in [-0.05, 0) is 31.2 Å². The average molecular weight is 443 g/mol. The molecule has 2 aromatic heterocycles. The van der Waals surface area contributed by atoms with Crippen LogP contribution in [-0.2, 0) is 22.7 Å². The normalized spacial score (nSPS) is 13.7. The average Bonchev–Trinajstić information content (AvgIpc) is 3.05. The van der Waals surface area contributed by atoms with Gasteiger partial charge in [0.15, 0.2) is 5.69 Å². The van der Waals surface area contributed by atoms with Crippen molar-refractivity contribution in [2.24, 2.45) is 0 Å². The highest BCUT2D eigenvalue weighted by atomic mass is 35.5. The van der Waals surface area contributed by atoms with E-state index in [9.17, 15) is 18.0 Å². The maximum Gasteiger partial charge on any atom is 0.276 e. The summed E-state index contributed by atoms with van der Waals surface area (Å²) < 4.78 is 24.0. The fraction of sp³-hybridized carbons (Fsp3) is 0.412. The van der Waals surface area contributed by atoms with E-state index in [4.69, 9.17) is 11.6 Å². The Balaban J connectivity index is 1.99. The van der Waals surface area contributed by atoms with E-state index < -0.39 is 20.9 Å². The first-order chi connectivity index (χ1) is 13.3. The number of amides is 2. The summed E-state index contributed by atoms with van der Waals surface area (Å²) in [6.07, 6.45) is 4.73. The number of nitrogens with one attached hydrogen (secondary N) is 2. The van der Waals surface area contributed by atoms with Crippen LogP contribution in [0.5, 0.6) is 0 Å². The molecule has 0 atom stereocenters. The zero-order valence-electron chi connectivity index (χ0n) is 15.3. The Bertz CT molecular complexity index is 1050. The number of thiophene rings is 1. The van der Waals surface area contributed by atoms with Crippen molar-refractivity contribution in [3.05, 3.63) is 32.9 Å². The zero-order valence-corrected chi connectivity index (χ0v) is 17.7. The number of aryl methyl sites for hydroxylation is 1. The first-order valence-electron chi connectivity index (χ1n) is 8.71. The lowest BCUT2D eigenvalue weighted by molar-refractivity contribution is 0.0963. The molecule has 1 aliphatic rings. The maximum absolute atomic E-state index is 12.8. The van der Waals surface area contributed by atoms with Gasteiger partial charge in [-0.1, -0.05) is 18.5 Å². The fourth-order valence-electron chi connectivity index (χ4n) is 2.97. The summed E-state index contributed by atoms with van der Waals surface area (Å²) in [4.78, 5) is 33.8. The monoisotopic (exact) mass is 442 g/mol. The standard InChI is InChI=1S/C17H19ClN4O4S2/c1-3-28(25,26)17-20-8-10(18)13(21-17)15(24)22-16-12(14(23)19-2)9-6-4-5-7-11(9)27-16/h8H,3-7H2,1-2H3,(H,19,23)(H,22,24). The quantitative estimate of drug-likeness (QED) is 0.686. The van der Waals surface area contributed by atoms with Gasteiger partial charge in [0.05, 0.1) is 22.5 Å². The van der Waals surface area contributed by atoms with Crippen molar-refractivity contribution < 1.29 is 18.0 Å². The molecule has 0 aromatic carbocycles. The lowest BCUT2D eigenvalue weighted by Gasteiger charge is -2.12. The number of rotatable bonds is 5. The molecule has 3 rings (SSSR count). The van der Waals surface area contributed by atoms with Crippen molar-refractivity contribution >= 4 is 49.6 Å². The Labute approximate surface area is 171 Å². The number of hydrogen-bond acceptors (Lipinski definition) is 7. The second-order valence-electron chi connectivity index (χ2n) is 6.20. The van der Waals surface area contributed by atoms with Gasteiger partial charge in [0, 0.05) is 11.9 Å². The summed E-state index contributed by atoms with van der Waals surface area (Å²) in [5.41, 5.74) is 1.15. The summed E-state index contributed by atoms with van der Waals surface area (Å²) in [6, 6.07) is 0. The van der Waals surface area contributed by atoms with Gasteiger partial charge in [0.2, 0.25) is 15.0 Å². The van der Waals surface area contributed by atoms with Gasteiger partial charge in [0.25, 0.3) is 11.8 Å². The lowest BCUT2D eigenvalue weighted by atomic mass is 9.95. The molecule has 0 radical (unpaired) electrons. The third-order valence-corrected chi connectivity index (χ3v) is 7.44. The number of carbonyl (C=O) groups is 2. The van der Waals surface area contributed by atoms with Gasteiger partial charge >= 0.3 is 0 Å². The highest BCUT2D eigenvalue weighted by Crippen LogP contribution is 2.38. The number of carbonyl (C=O) groups excluding carboxylic acids is 2. The summed E-state index contributed by atoms with van der Waals surface area (Å²) in [6.45, 7) is 1.46. The number of aromatic nitrogens is 2. The Kier molecular flexibility index (Phi) is 6.01. The van der Waals surface area contributed by atoms with E-state index in [0.717, 1.165) is 42.3 Å². The van der Waals surface area contributed by atoms with Crippen molar-refractivity contribution in [3.8, 4) is 0 Å². The highest BCUT2D eigenvalue weighted by molar-refractivity contribution is 7.91. The van der Waals surface area contributed by atoms with Crippen molar-refractivity contribution in [2.45, 2.75) is 37.8 Å². The number of fused-ring (bicyclic) bond motifs is 1. The number of nitrogens with zero attached hydrogens (tertiary/aromatic N) is 2. The van der Waals surface area contributed by atoms with Gasteiger partial charge in [-0.3, -0.25) is 9.59 Å². The number of sulfone groups is 1. The molecule has 8 nitrogen and oxygen atoms in total. The van der Waals surface area contributed by atoms with E-state index in [1.807, 2.05) is 0 Å². The van der Waals surface area contributed by atoms with Gasteiger partial charge in [-0.2, -0.15) is 0 Å². The molecule has 0 bridgehead atoms. The molecule has 2 N–H and O–H groups in total. The molecule has 2 aromatic rings. The summed E-state index contributed by atoms with van der Waals surface area (Å²) in [7, 11) is -2.16. The minimum absolute atomic E-state index is 0.0737. The van der Waals surface area contributed by atoms with Crippen LogP contribution in [0, 0.1) is 0 Å². The van der Waals surface area contributed by atoms with E-state index in [-0.39, 0.29) is 22.4 Å².